The second kappa shape index (κ2) is 6.72. The Bertz CT molecular complexity index is 1130. The molecule has 2 aromatic carbocycles. The minimum Gasteiger partial charge on any atom is -0.458 e. The summed E-state index contributed by atoms with van der Waals surface area (Å²) >= 11 is 0. The van der Waals surface area contributed by atoms with Crippen LogP contribution in [0.3, 0.4) is 0 Å². The minimum absolute atomic E-state index is 0.0739. The first-order valence-electron chi connectivity index (χ1n) is 9.13. The molecule has 2 unspecified atom stereocenters. The second-order valence-electron chi connectivity index (χ2n) is 7.43. The van der Waals surface area contributed by atoms with Crippen LogP contribution in [0.25, 0.3) is 10.8 Å². The number of carbonyl (C=O) groups excluding carboxylic acids is 4. The highest BCUT2D eigenvalue weighted by molar-refractivity contribution is 6.29. The molecule has 7 nitrogen and oxygen atoms in total. The zero-order valence-electron chi connectivity index (χ0n) is 15.6. The van der Waals surface area contributed by atoms with Crippen LogP contribution in [0, 0.1) is 0 Å². The zero-order chi connectivity index (χ0) is 20.9. The van der Waals surface area contributed by atoms with Gasteiger partial charge in [-0.1, -0.05) is 24.3 Å². The molecule has 0 saturated carbocycles. The lowest BCUT2D eigenvalue weighted by molar-refractivity contribution is -0.154. The molecule has 0 aliphatic heterocycles. The van der Waals surface area contributed by atoms with Crippen LogP contribution in [0.15, 0.2) is 47.5 Å². The maximum absolute atomic E-state index is 13.1. The first-order valence-corrected chi connectivity index (χ1v) is 9.13. The van der Waals surface area contributed by atoms with Crippen molar-refractivity contribution in [2.75, 3.05) is 6.61 Å². The summed E-state index contributed by atoms with van der Waals surface area (Å²) in [7, 11) is 0. The fourth-order valence-corrected chi connectivity index (χ4v) is 4.01. The SMILES string of the molecule is CC(=O)OCC(=O)C1(O)CC2=C(C(=O)c3cc4ccccc4cc3C2=O)C(O)C1. The summed E-state index contributed by atoms with van der Waals surface area (Å²) in [5.74, 6) is -2.51. The molecular formula is C22H18O7. The summed E-state index contributed by atoms with van der Waals surface area (Å²) in [6, 6.07) is 10.5. The predicted octanol–water partition coefficient (Wildman–Crippen LogP) is 1.53. The van der Waals surface area contributed by atoms with E-state index < -0.39 is 54.5 Å². The van der Waals surface area contributed by atoms with E-state index in [1.165, 1.54) is 0 Å². The smallest absolute Gasteiger partial charge is 0.303 e. The van der Waals surface area contributed by atoms with Gasteiger partial charge in [-0.2, -0.15) is 0 Å². The molecule has 0 saturated heterocycles. The van der Waals surface area contributed by atoms with Gasteiger partial charge in [0.15, 0.2) is 18.2 Å². The summed E-state index contributed by atoms with van der Waals surface area (Å²) in [5.41, 5.74) is -1.88. The number of Topliss-reactive ketones (excluding diaryl/α,β-unsaturated/α-hetero) is 3. The largest absolute Gasteiger partial charge is 0.458 e. The van der Waals surface area contributed by atoms with Crippen LogP contribution in [0.5, 0.6) is 0 Å². The summed E-state index contributed by atoms with van der Waals surface area (Å²) in [6.07, 6.45) is -2.36. The van der Waals surface area contributed by atoms with Crippen LogP contribution in [0.2, 0.25) is 0 Å². The predicted molar refractivity (Wildman–Crippen MR) is 101 cm³/mol. The molecule has 7 heteroatoms. The van der Waals surface area contributed by atoms with Crippen LogP contribution < -0.4 is 0 Å². The molecule has 0 aromatic heterocycles. The Kier molecular flexibility index (Phi) is 4.44. The fourth-order valence-electron chi connectivity index (χ4n) is 4.01. The first kappa shape index (κ1) is 19.2. The number of hydrogen-bond acceptors (Lipinski definition) is 7. The molecule has 29 heavy (non-hydrogen) atoms. The number of benzene rings is 2. The third kappa shape index (κ3) is 3.08. The Morgan fingerprint density at radius 3 is 2.28 bits per heavy atom. The van der Waals surface area contributed by atoms with Crippen LogP contribution in [-0.2, 0) is 14.3 Å². The van der Waals surface area contributed by atoms with Crippen molar-refractivity contribution in [2.45, 2.75) is 31.5 Å². The molecule has 0 radical (unpaired) electrons. The molecule has 0 fully saturated rings. The number of ketones is 3. The Hall–Kier alpha value is -3.16. The molecule has 0 amide bonds. The van der Waals surface area contributed by atoms with Crippen molar-refractivity contribution in [3.8, 4) is 0 Å². The monoisotopic (exact) mass is 394 g/mol. The molecule has 2 aliphatic rings. The lowest BCUT2D eigenvalue weighted by Crippen LogP contribution is -2.50. The van der Waals surface area contributed by atoms with Crippen LogP contribution in [-0.4, -0.2) is 51.8 Å². The molecule has 4 rings (SSSR count). The number of fused-ring (bicyclic) bond motifs is 2. The minimum atomic E-state index is -2.10. The number of ether oxygens (including phenoxy) is 1. The highest BCUT2D eigenvalue weighted by Gasteiger charge is 2.49. The maximum Gasteiger partial charge on any atom is 0.303 e. The Labute approximate surface area is 165 Å². The third-order valence-corrected chi connectivity index (χ3v) is 5.48. The lowest BCUT2D eigenvalue weighted by atomic mass is 9.69. The van der Waals surface area contributed by atoms with Crippen LogP contribution in [0.1, 0.15) is 40.5 Å². The van der Waals surface area contributed by atoms with Gasteiger partial charge in [0.2, 0.25) is 5.78 Å². The summed E-state index contributed by atoms with van der Waals surface area (Å²) in [5, 5.41) is 22.9. The molecule has 2 N–H and O–H groups in total. The molecular weight excluding hydrogens is 376 g/mol. The standard InChI is InChI=1S/C22H18O7/c1-11(23)29-10-18(25)22(28)8-16-19(17(24)9-22)21(27)15-7-13-5-3-2-4-12(13)6-14(15)20(16)26/h2-7,17,24,28H,8-10H2,1H3. The molecule has 2 aliphatic carbocycles. The number of aliphatic hydroxyl groups excluding tert-OH is 1. The van der Waals surface area contributed by atoms with E-state index in [0.717, 1.165) is 17.7 Å². The summed E-state index contributed by atoms with van der Waals surface area (Å²) in [6.45, 7) is 0.447. The van der Waals surface area contributed by atoms with Crippen molar-refractivity contribution in [1.82, 2.24) is 0 Å². The van der Waals surface area contributed by atoms with Crippen molar-refractivity contribution in [2.24, 2.45) is 0 Å². The molecule has 0 bridgehead atoms. The van der Waals surface area contributed by atoms with Gasteiger partial charge in [-0.3, -0.25) is 19.2 Å². The van der Waals surface area contributed by atoms with Gasteiger partial charge in [-0.15, -0.1) is 0 Å². The number of aliphatic hydroxyl groups is 2. The first-order chi connectivity index (χ1) is 13.7. The maximum atomic E-state index is 13.1. The van der Waals surface area contributed by atoms with Gasteiger partial charge in [-0.05, 0) is 22.9 Å². The summed E-state index contributed by atoms with van der Waals surface area (Å²) < 4.78 is 4.65. The van der Waals surface area contributed by atoms with Gasteiger partial charge in [-0.25, -0.2) is 0 Å². The van der Waals surface area contributed by atoms with Crippen molar-refractivity contribution in [3.05, 3.63) is 58.7 Å². The zero-order valence-corrected chi connectivity index (χ0v) is 15.6. The van der Waals surface area contributed by atoms with E-state index in [1.54, 1.807) is 12.1 Å². The highest BCUT2D eigenvalue weighted by atomic mass is 16.5. The quantitative estimate of drug-likeness (QED) is 0.758. The van der Waals surface area contributed by atoms with Gasteiger partial charge in [0, 0.05) is 42.0 Å². The van der Waals surface area contributed by atoms with Gasteiger partial charge >= 0.3 is 5.97 Å². The van der Waals surface area contributed by atoms with Crippen molar-refractivity contribution < 1.29 is 34.1 Å². The van der Waals surface area contributed by atoms with Crippen LogP contribution in [0.4, 0.5) is 0 Å². The van der Waals surface area contributed by atoms with Crippen molar-refractivity contribution in [1.29, 1.82) is 0 Å². The van der Waals surface area contributed by atoms with E-state index in [2.05, 4.69) is 4.74 Å². The van der Waals surface area contributed by atoms with E-state index in [4.69, 9.17) is 0 Å². The van der Waals surface area contributed by atoms with Gasteiger partial charge in [0.25, 0.3) is 0 Å². The molecule has 2 atom stereocenters. The molecule has 148 valence electrons. The van der Waals surface area contributed by atoms with Gasteiger partial charge < -0.3 is 14.9 Å². The Balaban J connectivity index is 1.76. The lowest BCUT2D eigenvalue weighted by Gasteiger charge is -2.37. The second-order valence-corrected chi connectivity index (χ2v) is 7.43. The number of esters is 1. The van der Waals surface area contributed by atoms with E-state index in [0.29, 0.717) is 0 Å². The number of carbonyl (C=O) groups is 4. The van der Waals surface area contributed by atoms with E-state index in [1.807, 2.05) is 24.3 Å². The van der Waals surface area contributed by atoms with Crippen molar-refractivity contribution in [3.63, 3.8) is 0 Å². The third-order valence-electron chi connectivity index (χ3n) is 5.48. The van der Waals surface area contributed by atoms with Gasteiger partial charge in [0.1, 0.15) is 5.60 Å². The Morgan fingerprint density at radius 1 is 1.10 bits per heavy atom. The van der Waals surface area contributed by atoms with Crippen LogP contribution >= 0.6 is 0 Å². The Morgan fingerprint density at radius 2 is 1.69 bits per heavy atom. The molecule has 0 heterocycles. The number of rotatable bonds is 3. The number of hydrogen-bond donors (Lipinski definition) is 2. The highest BCUT2D eigenvalue weighted by Crippen LogP contribution is 2.41. The normalized spacial score (nSPS) is 23.6. The fraction of sp³-hybridized carbons (Fsp3) is 0.273. The average molecular weight is 394 g/mol. The van der Waals surface area contributed by atoms with E-state index in [9.17, 15) is 29.4 Å². The van der Waals surface area contributed by atoms with Crippen molar-refractivity contribution >= 4 is 34.1 Å². The topological polar surface area (TPSA) is 118 Å². The molecule has 2 aromatic rings. The average Bonchev–Trinajstić information content (AvgIpc) is 2.68. The van der Waals surface area contributed by atoms with E-state index >= 15 is 0 Å². The van der Waals surface area contributed by atoms with Gasteiger partial charge in [0.05, 0.1) is 6.10 Å². The molecule has 0 spiro atoms. The van der Waals surface area contributed by atoms with E-state index in [-0.39, 0.29) is 22.3 Å². The summed E-state index contributed by atoms with van der Waals surface area (Å²) in [4.78, 5) is 49.5.